The fraction of sp³-hybridized carbons (Fsp3) is 0.167. The van der Waals surface area contributed by atoms with E-state index in [2.05, 4.69) is 0 Å². The Morgan fingerprint density at radius 1 is 1.00 bits per heavy atom. The first-order chi connectivity index (χ1) is 10.4. The quantitative estimate of drug-likeness (QED) is 0.794. The molecule has 0 atom stereocenters. The fourth-order valence-electron chi connectivity index (χ4n) is 2.02. The maximum Gasteiger partial charge on any atom is 0.182 e. The van der Waals surface area contributed by atoms with Crippen LogP contribution in [0.1, 0.15) is 18.1 Å². The zero-order chi connectivity index (χ0) is 16.2. The molecule has 0 fully saturated rings. The van der Waals surface area contributed by atoms with E-state index < -0.39 is 9.84 Å². The molecule has 0 radical (unpaired) electrons. The molecular formula is C18H18O3S. The molecule has 3 nitrogen and oxygen atoms in total. The lowest BCUT2D eigenvalue weighted by molar-refractivity contribution is -0.113. The van der Waals surface area contributed by atoms with Gasteiger partial charge in [0, 0.05) is 5.57 Å². The second-order valence-corrected chi connectivity index (χ2v) is 7.20. The minimum absolute atomic E-state index is 0.228. The molecule has 4 heteroatoms. The molecule has 0 unspecified atom stereocenters. The summed E-state index contributed by atoms with van der Waals surface area (Å²) in [6, 6.07) is 15.8. The van der Waals surface area contributed by atoms with Gasteiger partial charge in [0.25, 0.3) is 0 Å². The van der Waals surface area contributed by atoms with Crippen molar-refractivity contribution < 1.29 is 13.2 Å². The van der Waals surface area contributed by atoms with Crippen molar-refractivity contribution in [2.45, 2.75) is 18.7 Å². The number of rotatable bonds is 5. The van der Waals surface area contributed by atoms with Crippen molar-refractivity contribution in [3.8, 4) is 0 Å². The molecule has 114 valence electrons. The lowest BCUT2D eigenvalue weighted by atomic mass is 10.1. The first kappa shape index (κ1) is 16.2. The zero-order valence-corrected chi connectivity index (χ0v) is 13.4. The summed E-state index contributed by atoms with van der Waals surface area (Å²) in [4.78, 5) is 12.0. The fourth-order valence-corrected chi connectivity index (χ4v) is 3.46. The highest BCUT2D eigenvalue weighted by atomic mass is 32.2. The number of aryl methyl sites for hydroxylation is 1. The van der Waals surface area contributed by atoms with Crippen molar-refractivity contribution in [1.29, 1.82) is 0 Å². The first-order valence-corrected chi connectivity index (χ1v) is 8.60. The summed E-state index contributed by atoms with van der Waals surface area (Å²) in [5.41, 5.74) is 2.21. The number of Topliss-reactive ketones (excluding diaryl/α,β-unsaturated/α-hetero) is 1. The predicted octanol–water partition coefficient (Wildman–Crippen LogP) is 3.44. The summed E-state index contributed by atoms with van der Waals surface area (Å²) in [5, 5.41) is 0. The van der Waals surface area contributed by atoms with E-state index >= 15 is 0 Å². The molecule has 0 amide bonds. The maximum absolute atomic E-state index is 12.4. The highest BCUT2D eigenvalue weighted by Crippen LogP contribution is 2.17. The van der Waals surface area contributed by atoms with Gasteiger partial charge in [-0.1, -0.05) is 48.0 Å². The first-order valence-electron chi connectivity index (χ1n) is 6.94. The van der Waals surface area contributed by atoms with Crippen LogP contribution >= 0.6 is 0 Å². The Labute approximate surface area is 131 Å². The molecular weight excluding hydrogens is 296 g/mol. The molecule has 0 aliphatic carbocycles. The summed E-state index contributed by atoms with van der Waals surface area (Å²) >= 11 is 0. The van der Waals surface area contributed by atoms with Crippen LogP contribution in [0.15, 0.2) is 65.1 Å². The highest BCUT2D eigenvalue weighted by Gasteiger charge is 2.18. The van der Waals surface area contributed by atoms with Crippen LogP contribution in [0.3, 0.4) is 0 Å². The third-order valence-corrected chi connectivity index (χ3v) is 5.00. The van der Waals surface area contributed by atoms with E-state index in [1.54, 1.807) is 36.4 Å². The molecule has 2 rings (SSSR count). The molecule has 0 spiro atoms. The number of sulfone groups is 1. The Morgan fingerprint density at radius 3 is 2.14 bits per heavy atom. The summed E-state index contributed by atoms with van der Waals surface area (Å²) in [5.74, 6) is -0.527. The van der Waals surface area contributed by atoms with E-state index in [1.165, 1.54) is 6.92 Å². The van der Waals surface area contributed by atoms with Gasteiger partial charge in [-0.05, 0) is 37.6 Å². The van der Waals surface area contributed by atoms with Crippen LogP contribution in [0, 0.1) is 6.92 Å². The van der Waals surface area contributed by atoms with Gasteiger partial charge in [0.15, 0.2) is 15.6 Å². The summed E-state index contributed by atoms with van der Waals surface area (Å²) in [6.07, 6.45) is 1.64. The Hall–Kier alpha value is -2.20. The van der Waals surface area contributed by atoms with Crippen LogP contribution < -0.4 is 0 Å². The van der Waals surface area contributed by atoms with E-state index in [0.717, 1.165) is 11.1 Å². The van der Waals surface area contributed by atoms with Crippen LogP contribution in [0.5, 0.6) is 0 Å². The third kappa shape index (κ3) is 4.15. The molecule has 2 aromatic rings. The van der Waals surface area contributed by atoms with Crippen LogP contribution in [0.25, 0.3) is 6.08 Å². The molecule has 0 N–H and O–H groups in total. The van der Waals surface area contributed by atoms with E-state index in [-0.39, 0.29) is 22.0 Å². The second kappa shape index (κ2) is 6.71. The lowest BCUT2D eigenvalue weighted by Crippen LogP contribution is -2.13. The smallest absolute Gasteiger partial charge is 0.182 e. The van der Waals surface area contributed by atoms with Gasteiger partial charge in [-0.3, -0.25) is 4.79 Å². The highest BCUT2D eigenvalue weighted by molar-refractivity contribution is 7.91. The van der Waals surface area contributed by atoms with Gasteiger partial charge in [0.05, 0.1) is 10.6 Å². The number of benzene rings is 2. The number of carbonyl (C=O) groups is 1. The Kier molecular flexibility index (Phi) is 4.93. The topological polar surface area (TPSA) is 51.2 Å². The summed E-state index contributed by atoms with van der Waals surface area (Å²) < 4.78 is 24.8. The van der Waals surface area contributed by atoms with Crippen LogP contribution in [-0.4, -0.2) is 20.0 Å². The van der Waals surface area contributed by atoms with Crippen LogP contribution in [0.4, 0.5) is 0 Å². The van der Waals surface area contributed by atoms with E-state index in [1.807, 2.05) is 31.2 Å². The molecule has 0 heterocycles. The Balaban J connectivity index is 2.34. The molecule has 0 aliphatic heterocycles. The number of ketones is 1. The van der Waals surface area contributed by atoms with Gasteiger partial charge < -0.3 is 0 Å². The van der Waals surface area contributed by atoms with Gasteiger partial charge in [-0.15, -0.1) is 0 Å². The third-order valence-electron chi connectivity index (χ3n) is 3.32. The normalized spacial score (nSPS) is 12.2. The second-order valence-electron chi connectivity index (χ2n) is 5.21. The molecule has 0 aliphatic rings. The number of hydrogen-bond acceptors (Lipinski definition) is 3. The monoisotopic (exact) mass is 314 g/mol. The van der Waals surface area contributed by atoms with Crippen molar-refractivity contribution >= 4 is 21.7 Å². The standard InChI is InChI=1S/C18H18O3S/c1-14-8-10-16(11-9-14)12-17(15(2)19)13-22(20,21)18-6-4-3-5-7-18/h3-12H,13H2,1-2H3/b17-12-. The van der Waals surface area contributed by atoms with E-state index in [9.17, 15) is 13.2 Å². The maximum atomic E-state index is 12.4. The molecule has 0 saturated heterocycles. The number of carbonyl (C=O) groups excluding carboxylic acids is 1. The minimum Gasteiger partial charge on any atom is -0.295 e. The molecule has 2 aromatic carbocycles. The minimum atomic E-state index is -3.52. The average molecular weight is 314 g/mol. The van der Waals surface area contributed by atoms with Gasteiger partial charge in [0.2, 0.25) is 0 Å². The molecule has 0 aromatic heterocycles. The summed E-state index contributed by atoms with van der Waals surface area (Å²) in [7, 11) is -3.52. The largest absolute Gasteiger partial charge is 0.295 e. The molecule has 0 bridgehead atoms. The van der Waals surface area contributed by atoms with E-state index in [4.69, 9.17) is 0 Å². The Bertz CT molecular complexity index is 786. The van der Waals surface area contributed by atoms with Crippen molar-refractivity contribution in [1.82, 2.24) is 0 Å². The van der Waals surface area contributed by atoms with Crippen LogP contribution in [-0.2, 0) is 14.6 Å². The van der Waals surface area contributed by atoms with Gasteiger partial charge in [-0.25, -0.2) is 8.42 Å². The van der Waals surface area contributed by atoms with Crippen molar-refractivity contribution in [2.24, 2.45) is 0 Å². The summed E-state index contributed by atoms with van der Waals surface area (Å²) in [6.45, 7) is 3.36. The Morgan fingerprint density at radius 2 is 1.59 bits per heavy atom. The van der Waals surface area contributed by atoms with Crippen molar-refractivity contribution in [3.05, 3.63) is 71.3 Å². The molecule has 22 heavy (non-hydrogen) atoms. The average Bonchev–Trinajstić information content (AvgIpc) is 2.49. The molecule has 0 saturated carbocycles. The SMILES string of the molecule is CC(=O)/C(=C\c1ccc(C)cc1)CS(=O)(=O)c1ccccc1. The predicted molar refractivity (Wildman–Crippen MR) is 88.3 cm³/mol. The van der Waals surface area contributed by atoms with Gasteiger partial charge >= 0.3 is 0 Å². The lowest BCUT2D eigenvalue weighted by Gasteiger charge is -2.07. The van der Waals surface area contributed by atoms with Gasteiger partial charge in [-0.2, -0.15) is 0 Å². The van der Waals surface area contributed by atoms with Crippen molar-refractivity contribution in [2.75, 3.05) is 5.75 Å². The van der Waals surface area contributed by atoms with Crippen molar-refractivity contribution in [3.63, 3.8) is 0 Å². The van der Waals surface area contributed by atoms with E-state index in [0.29, 0.717) is 0 Å². The zero-order valence-electron chi connectivity index (χ0n) is 12.6. The van der Waals surface area contributed by atoms with Crippen LogP contribution in [0.2, 0.25) is 0 Å². The number of hydrogen-bond donors (Lipinski definition) is 0. The van der Waals surface area contributed by atoms with Gasteiger partial charge in [0.1, 0.15) is 0 Å².